The summed E-state index contributed by atoms with van der Waals surface area (Å²) >= 11 is 0. The molecule has 0 saturated carbocycles. The van der Waals surface area contributed by atoms with Gasteiger partial charge in [0.05, 0.1) is 19.3 Å². The van der Waals surface area contributed by atoms with Crippen LogP contribution in [-0.2, 0) is 9.53 Å². The number of carbonyl (C=O) groups excluding carboxylic acids is 1. The van der Waals surface area contributed by atoms with Crippen LogP contribution in [0.1, 0.15) is 38.3 Å². The summed E-state index contributed by atoms with van der Waals surface area (Å²) < 4.78 is 5.39. The summed E-state index contributed by atoms with van der Waals surface area (Å²) in [5.74, 6) is -0.115. The van der Waals surface area contributed by atoms with Crippen LogP contribution in [0.5, 0.6) is 0 Å². The van der Waals surface area contributed by atoms with Gasteiger partial charge in [-0.1, -0.05) is 25.5 Å². The van der Waals surface area contributed by atoms with Crippen LogP contribution in [0.15, 0.2) is 24.3 Å². The van der Waals surface area contributed by atoms with Gasteiger partial charge in [0.2, 0.25) is 5.91 Å². The van der Waals surface area contributed by atoms with Crippen molar-refractivity contribution in [3.63, 3.8) is 0 Å². The molecule has 1 aromatic carbocycles. The third-order valence-electron chi connectivity index (χ3n) is 4.19. The monoisotopic (exact) mass is 341 g/mol. The lowest BCUT2D eigenvalue weighted by atomic mass is 10.1. The fourth-order valence-electron chi connectivity index (χ4n) is 2.70. The number of carbonyl (C=O) groups is 1. The van der Waals surface area contributed by atoms with Gasteiger partial charge in [-0.25, -0.2) is 0 Å². The summed E-state index contributed by atoms with van der Waals surface area (Å²) in [4.78, 5) is 14.3. The average Bonchev–Trinajstić information content (AvgIpc) is 2.56. The van der Waals surface area contributed by atoms with Gasteiger partial charge in [-0.2, -0.15) is 0 Å². The number of amides is 1. The first-order valence-electron chi connectivity index (χ1n) is 8.10. The van der Waals surface area contributed by atoms with E-state index in [1.807, 2.05) is 19.1 Å². The Balaban J connectivity index is 0.00000264. The Kier molecular flexibility index (Phi) is 8.55. The standard InChI is InChI=1S/C17H27N3O2.ClH/c1-3-4-16(18)17(21)19-15-7-5-14(6-8-15)13(2)20-9-11-22-12-10-20;/h5-8,13,16H,3-4,9-12,18H2,1-2H3,(H,19,21);1H. The van der Waals surface area contributed by atoms with Crippen LogP contribution in [0.2, 0.25) is 0 Å². The summed E-state index contributed by atoms with van der Waals surface area (Å²) in [5.41, 5.74) is 7.87. The number of rotatable bonds is 6. The zero-order valence-corrected chi connectivity index (χ0v) is 14.8. The van der Waals surface area contributed by atoms with Crippen molar-refractivity contribution in [2.24, 2.45) is 5.73 Å². The molecule has 1 heterocycles. The van der Waals surface area contributed by atoms with Crippen LogP contribution in [0, 0.1) is 0 Å². The lowest BCUT2D eigenvalue weighted by Gasteiger charge is -2.32. The topological polar surface area (TPSA) is 67.6 Å². The van der Waals surface area contributed by atoms with Crippen LogP contribution < -0.4 is 11.1 Å². The second-order valence-electron chi connectivity index (χ2n) is 5.83. The lowest BCUT2D eigenvalue weighted by Crippen LogP contribution is -2.38. The summed E-state index contributed by atoms with van der Waals surface area (Å²) in [5, 5.41) is 2.87. The zero-order chi connectivity index (χ0) is 15.9. The summed E-state index contributed by atoms with van der Waals surface area (Å²) in [6.45, 7) is 7.75. The van der Waals surface area contributed by atoms with Gasteiger partial charge in [0.15, 0.2) is 0 Å². The van der Waals surface area contributed by atoms with Crippen molar-refractivity contribution in [2.75, 3.05) is 31.6 Å². The van der Waals surface area contributed by atoms with E-state index < -0.39 is 6.04 Å². The fraction of sp³-hybridized carbons (Fsp3) is 0.588. The van der Waals surface area contributed by atoms with Gasteiger partial charge in [-0.05, 0) is 31.0 Å². The first-order valence-corrected chi connectivity index (χ1v) is 8.10. The number of ether oxygens (including phenoxy) is 1. The molecule has 5 nitrogen and oxygen atoms in total. The van der Waals surface area contributed by atoms with Crippen molar-refractivity contribution in [1.29, 1.82) is 0 Å². The Hall–Kier alpha value is -1.14. The van der Waals surface area contributed by atoms with Crippen LogP contribution in [0.25, 0.3) is 0 Å². The molecule has 0 radical (unpaired) electrons. The Labute approximate surface area is 145 Å². The van der Waals surface area contributed by atoms with Crippen molar-refractivity contribution in [1.82, 2.24) is 4.90 Å². The van der Waals surface area contributed by atoms with Gasteiger partial charge in [-0.3, -0.25) is 9.69 Å². The number of nitrogens with one attached hydrogen (secondary N) is 1. The highest BCUT2D eigenvalue weighted by molar-refractivity contribution is 5.94. The molecule has 2 atom stereocenters. The molecule has 1 aromatic rings. The first-order chi connectivity index (χ1) is 10.6. The van der Waals surface area contributed by atoms with Gasteiger partial charge in [0.25, 0.3) is 0 Å². The predicted molar refractivity (Wildman–Crippen MR) is 96.0 cm³/mol. The van der Waals surface area contributed by atoms with Crippen LogP contribution in [0.3, 0.4) is 0 Å². The molecular formula is C17H28ClN3O2. The van der Waals surface area contributed by atoms with Crippen LogP contribution in [-0.4, -0.2) is 43.2 Å². The minimum absolute atomic E-state index is 0. The normalized spacial score (nSPS) is 17.9. The maximum absolute atomic E-state index is 11.9. The largest absolute Gasteiger partial charge is 0.379 e. The molecule has 2 rings (SSSR count). The van der Waals surface area contributed by atoms with Gasteiger partial charge >= 0.3 is 0 Å². The molecule has 1 fully saturated rings. The number of hydrogen-bond acceptors (Lipinski definition) is 4. The molecule has 0 aliphatic carbocycles. The van der Waals surface area contributed by atoms with E-state index in [0.717, 1.165) is 38.4 Å². The number of anilines is 1. The van der Waals surface area contributed by atoms with E-state index in [1.54, 1.807) is 0 Å². The molecule has 130 valence electrons. The molecule has 3 N–H and O–H groups in total. The number of morpholine rings is 1. The molecule has 1 saturated heterocycles. The molecule has 0 bridgehead atoms. The highest BCUT2D eigenvalue weighted by Crippen LogP contribution is 2.22. The van der Waals surface area contributed by atoms with Gasteiger partial charge in [-0.15, -0.1) is 12.4 Å². The van der Waals surface area contributed by atoms with E-state index in [2.05, 4.69) is 29.3 Å². The Morgan fingerprint density at radius 2 is 1.91 bits per heavy atom. The highest BCUT2D eigenvalue weighted by Gasteiger charge is 2.18. The molecule has 1 amide bonds. The third-order valence-corrected chi connectivity index (χ3v) is 4.19. The van der Waals surface area contributed by atoms with Crippen molar-refractivity contribution < 1.29 is 9.53 Å². The molecule has 0 aromatic heterocycles. The third kappa shape index (κ3) is 5.77. The van der Waals surface area contributed by atoms with E-state index >= 15 is 0 Å². The van der Waals surface area contributed by atoms with Gasteiger partial charge in [0, 0.05) is 24.8 Å². The number of halogens is 1. The number of benzene rings is 1. The van der Waals surface area contributed by atoms with E-state index in [0.29, 0.717) is 12.5 Å². The van der Waals surface area contributed by atoms with E-state index in [1.165, 1.54) is 5.56 Å². The summed E-state index contributed by atoms with van der Waals surface area (Å²) in [7, 11) is 0. The maximum atomic E-state index is 11.9. The Bertz CT molecular complexity index is 475. The minimum Gasteiger partial charge on any atom is -0.379 e. The van der Waals surface area contributed by atoms with Crippen LogP contribution >= 0.6 is 12.4 Å². The fourth-order valence-corrected chi connectivity index (χ4v) is 2.70. The van der Waals surface area contributed by atoms with E-state index in [4.69, 9.17) is 10.5 Å². The number of nitrogens with zero attached hydrogens (tertiary/aromatic N) is 1. The number of nitrogens with two attached hydrogens (primary N) is 1. The molecule has 1 aliphatic heterocycles. The molecule has 2 unspecified atom stereocenters. The second kappa shape index (κ2) is 9.88. The first kappa shape index (κ1) is 19.9. The van der Waals surface area contributed by atoms with Crippen molar-refractivity contribution in [3.8, 4) is 0 Å². The van der Waals surface area contributed by atoms with E-state index in [9.17, 15) is 4.79 Å². The average molecular weight is 342 g/mol. The summed E-state index contributed by atoms with van der Waals surface area (Å²) in [6, 6.07) is 7.96. The van der Waals surface area contributed by atoms with Gasteiger partial charge < -0.3 is 15.8 Å². The van der Waals surface area contributed by atoms with Crippen molar-refractivity contribution in [3.05, 3.63) is 29.8 Å². The summed E-state index contributed by atoms with van der Waals surface area (Å²) in [6.07, 6.45) is 1.61. The van der Waals surface area contributed by atoms with Gasteiger partial charge in [0.1, 0.15) is 0 Å². The van der Waals surface area contributed by atoms with E-state index in [-0.39, 0.29) is 18.3 Å². The second-order valence-corrected chi connectivity index (χ2v) is 5.83. The van der Waals surface area contributed by atoms with Crippen molar-refractivity contribution in [2.45, 2.75) is 38.8 Å². The predicted octanol–water partition coefficient (Wildman–Crippen LogP) is 2.57. The molecular weight excluding hydrogens is 314 g/mol. The Morgan fingerprint density at radius 3 is 2.48 bits per heavy atom. The molecule has 23 heavy (non-hydrogen) atoms. The maximum Gasteiger partial charge on any atom is 0.241 e. The minimum atomic E-state index is -0.433. The van der Waals surface area contributed by atoms with Crippen LogP contribution in [0.4, 0.5) is 5.69 Å². The van der Waals surface area contributed by atoms with Crippen molar-refractivity contribution >= 4 is 24.0 Å². The molecule has 0 spiro atoms. The SMILES string of the molecule is CCCC(N)C(=O)Nc1ccc(C(C)N2CCOCC2)cc1.Cl. The zero-order valence-electron chi connectivity index (χ0n) is 14.0. The smallest absolute Gasteiger partial charge is 0.241 e. The molecule has 1 aliphatic rings. The number of hydrogen-bond donors (Lipinski definition) is 2. The highest BCUT2D eigenvalue weighted by atomic mass is 35.5. The Morgan fingerprint density at radius 1 is 1.30 bits per heavy atom. The lowest BCUT2D eigenvalue weighted by molar-refractivity contribution is -0.117. The molecule has 6 heteroatoms. The quantitative estimate of drug-likeness (QED) is 0.834.